The Balaban J connectivity index is 0. The Morgan fingerprint density at radius 1 is 1.24 bits per heavy atom. The normalized spacial score (nSPS) is 14.1. The zero-order valence-corrected chi connectivity index (χ0v) is 15.4. The molecule has 17 heavy (non-hydrogen) atoms. The third kappa shape index (κ3) is 8.17. The molecule has 0 saturated carbocycles. The van der Waals surface area contributed by atoms with Crippen LogP contribution >= 0.6 is 7.60 Å². The quantitative estimate of drug-likeness (QED) is 0.437. The largest absolute Gasteiger partial charge is 1.00 e. The van der Waals surface area contributed by atoms with Crippen LogP contribution in [0.1, 0.15) is 18.9 Å². The molecule has 0 aromatic heterocycles. The van der Waals surface area contributed by atoms with Gasteiger partial charge in [0.25, 0.3) is 0 Å². The van der Waals surface area contributed by atoms with Gasteiger partial charge >= 0.3 is 59.1 Å². The second kappa shape index (κ2) is 8.49. The van der Waals surface area contributed by atoms with Gasteiger partial charge in [-0.25, -0.2) is 0 Å². The molecule has 0 saturated heterocycles. The van der Waals surface area contributed by atoms with Crippen molar-refractivity contribution in [2.24, 2.45) is 5.73 Å². The molecule has 1 unspecified atom stereocenters. The molecule has 0 radical (unpaired) electrons. The van der Waals surface area contributed by atoms with Crippen LogP contribution in [-0.2, 0) is 10.1 Å². The molecular formula is C10H14NNa2O3P. The van der Waals surface area contributed by atoms with E-state index in [0.717, 1.165) is 5.56 Å². The van der Waals surface area contributed by atoms with E-state index in [1.165, 1.54) is 0 Å². The first-order valence-electron chi connectivity index (χ1n) is 4.67. The van der Waals surface area contributed by atoms with Gasteiger partial charge < -0.3 is 20.1 Å². The van der Waals surface area contributed by atoms with Gasteiger partial charge in [0, 0.05) is 5.54 Å². The smallest absolute Gasteiger partial charge is 0.811 e. The van der Waals surface area contributed by atoms with E-state index in [1.807, 2.05) is 30.3 Å². The maximum Gasteiger partial charge on any atom is 1.00 e. The minimum Gasteiger partial charge on any atom is -0.811 e. The molecule has 0 aliphatic rings. The van der Waals surface area contributed by atoms with Crippen molar-refractivity contribution in [3.63, 3.8) is 0 Å². The van der Waals surface area contributed by atoms with Gasteiger partial charge in [0.15, 0.2) is 0 Å². The summed E-state index contributed by atoms with van der Waals surface area (Å²) >= 11 is 0. The number of benzene rings is 1. The summed E-state index contributed by atoms with van der Waals surface area (Å²) in [6, 6.07) is 9.15. The molecule has 0 aliphatic heterocycles. The van der Waals surface area contributed by atoms with Gasteiger partial charge in [-0.15, -0.1) is 0 Å². The number of nitrogens with two attached hydrogens (primary N) is 1. The van der Waals surface area contributed by atoms with E-state index in [0.29, 0.717) is 0 Å². The summed E-state index contributed by atoms with van der Waals surface area (Å²) in [5, 5.41) is 0. The molecular weight excluding hydrogens is 259 g/mol. The zero-order chi connectivity index (χ0) is 11.5. The Bertz CT molecular complexity index is 367. The van der Waals surface area contributed by atoms with Gasteiger partial charge in [0.1, 0.15) is 0 Å². The monoisotopic (exact) mass is 273 g/mol. The van der Waals surface area contributed by atoms with Crippen molar-refractivity contribution in [2.45, 2.75) is 18.9 Å². The van der Waals surface area contributed by atoms with Crippen LogP contribution in [0.5, 0.6) is 0 Å². The van der Waals surface area contributed by atoms with Crippen LogP contribution in [0.25, 0.3) is 0 Å². The molecule has 0 aliphatic carbocycles. The van der Waals surface area contributed by atoms with E-state index in [2.05, 4.69) is 0 Å². The van der Waals surface area contributed by atoms with Crippen molar-refractivity contribution in [1.29, 1.82) is 0 Å². The van der Waals surface area contributed by atoms with E-state index in [4.69, 9.17) is 5.73 Å². The fourth-order valence-corrected chi connectivity index (χ4v) is 2.07. The van der Waals surface area contributed by atoms with Crippen molar-refractivity contribution in [3.8, 4) is 0 Å². The van der Waals surface area contributed by atoms with Gasteiger partial charge in [-0.05, 0) is 25.1 Å². The molecule has 0 amide bonds. The van der Waals surface area contributed by atoms with Crippen LogP contribution in [-0.4, -0.2) is 6.16 Å². The molecule has 1 aromatic rings. The predicted molar refractivity (Wildman–Crippen MR) is 55.1 cm³/mol. The SMILES string of the molecule is CC(N)(CCP(=O)([O-])[O-])c1ccccc1.[Na+].[Na+]. The topological polar surface area (TPSA) is 89.2 Å². The summed E-state index contributed by atoms with van der Waals surface area (Å²) in [5.74, 6) is 0. The molecule has 7 heteroatoms. The van der Waals surface area contributed by atoms with Crippen molar-refractivity contribution in [1.82, 2.24) is 0 Å². The maximum atomic E-state index is 10.5. The van der Waals surface area contributed by atoms with Crippen molar-refractivity contribution in [2.75, 3.05) is 6.16 Å². The first-order valence-corrected chi connectivity index (χ1v) is 6.39. The van der Waals surface area contributed by atoms with Gasteiger partial charge in [0.05, 0.1) is 0 Å². The summed E-state index contributed by atoms with van der Waals surface area (Å²) in [6.07, 6.45) is -0.268. The molecule has 1 aromatic carbocycles. The fourth-order valence-electron chi connectivity index (χ4n) is 1.33. The third-order valence-corrected chi connectivity index (χ3v) is 3.11. The minimum atomic E-state index is -4.46. The number of hydrogen-bond acceptors (Lipinski definition) is 4. The Labute approximate surface area is 146 Å². The summed E-state index contributed by atoms with van der Waals surface area (Å²) in [6.45, 7) is 1.72. The molecule has 1 atom stereocenters. The summed E-state index contributed by atoms with van der Waals surface area (Å²) in [5.41, 5.74) is 6.01. The number of rotatable bonds is 4. The average molecular weight is 273 g/mol. The van der Waals surface area contributed by atoms with Crippen LogP contribution in [0.2, 0.25) is 0 Å². The molecule has 2 N–H and O–H groups in total. The summed E-state index contributed by atoms with van der Waals surface area (Å²) in [7, 11) is -4.46. The molecule has 1 rings (SSSR count). The maximum absolute atomic E-state index is 10.5. The van der Waals surface area contributed by atoms with E-state index in [9.17, 15) is 14.4 Å². The average Bonchev–Trinajstić information content (AvgIpc) is 2.16. The second-order valence-electron chi connectivity index (χ2n) is 3.87. The minimum absolute atomic E-state index is 0. The Morgan fingerprint density at radius 2 is 1.71 bits per heavy atom. The van der Waals surface area contributed by atoms with Gasteiger partial charge in [0.2, 0.25) is 0 Å². The Kier molecular flexibility index (Phi) is 10.3. The first kappa shape index (κ1) is 20.6. The third-order valence-electron chi connectivity index (χ3n) is 2.34. The predicted octanol–water partition coefficient (Wildman–Crippen LogP) is -5.83. The van der Waals surface area contributed by atoms with Crippen LogP contribution < -0.4 is 74.6 Å². The molecule has 0 heterocycles. The summed E-state index contributed by atoms with van der Waals surface area (Å²) < 4.78 is 10.5. The standard InChI is InChI=1S/C10H16NO3P.2Na/c1-10(11,7-8-15(12,13)14)9-5-3-2-4-6-9;;/h2-6H,7-8,11H2,1H3,(H2,12,13,14);;/q;2*+1/p-2. The van der Waals surface area contributed by atoms with Crippen LogP contribution in [0, 0.1) is 0 Å². The molecule has 0 fully saturated rings. The van der Waals surface area contributed by atoms with Gasteiger partial charge in [-0.1, -0.05) is 37.9 Å². The zero-order valence-electron chi connectivity index (χ0n) is 10.6. The Hall–Kier alpha value is 1.33. The number of hydrogen-bond donors (Lipinski definition) is 1. The van der Waals surface area contributed by atoms with Crippen LogP contribution in [0.15, 0.2) is 30.3 Å². The van der Waals surface area contributed by atoms with E-state index < -0.39 is 19.3 Å². The molecule has 0 spiro atoms. The van der Waals surface area contributed by atoms with Crippen molar-refractivity contribution >= 4 is 7.60 Å². The molecule has 84 valence electrons. The van der Waals surface area contributed by atoms with Gasteiger partial charge in [-0.3, -0.25) is 0 Å². The van der Waals surface area contributed by atoms with E-state index in [1.54, 1.807) is 6.92 Å². The van der Waals surface area contributed by atoms with Crippen LogP contribution in [0.3, 0.4) is 0 Å². The van der Waals surface area contributed by atoms with E-state index in [-0.39, 0.29) is 65.5 Å². The summed E-state index contributed by atoms with van der Waals surface area (Å²) in [4.78, 5) is 21.1. The van der Waals surface area contributed by atoms with Crippen molar-refractivity contribution in [3.05, 3.63) is 35.9 Å². The Morgan fingerprint density at radius 3 is 2.12 bits per heavy atom. The van der Waals surface area contributed by atoms with Gasteiger partial charge in [-0.2, -0.15) is 0 Å². The second-order valence-corrected chi connectivity index (χ2v) is 5.54. The molecule has 4 nitrogen and oxygen atoms in total. The first-order chi connectivity index (χ1) is 6.81. The molecule has 0 bridgehead atoms. The fraction of sp³-hybridized carbons (Fsp3) is 0.400. The van der Waals surface area contributed by atoms with Crippen LogP contribution in [0.4, 0.5) is 0 Å². The van der Waals surface area contributed by atoms with E-state index >= 15 is 0 Å². The van der Waals surface area contributed by atoms with Crippen molar-refractivity contribution < 1.29 is 73.5 Å².